The zero-order chi connectivity index (χ0) is 12.3. The Labute approximate surface area is 95.4 Å². The Morgan fingerprint density at radius 3 is 2.31 bits per heavy atom. The molecule has 0 saturated heterocycles. The summed E-state index contributed by atoms with van der Waals surface area (Å²) >= 11 is 0. The highest BCUT2D eigenvalue weighted by Crippen LogP contribution is 2.24. The third-order valence-electron chi connectivity index (χ3n) is 2.61. The van der Waals surface area contributed by atoms with Gasteiger partial charge in [-0.2, -0.15) is 0 Å². The topological polar surface area (TPSA) is 60.2 Å². The second-order valence-electron chi connectivity index (χ2n) is 3.67. The Morgan fingerprint density at radius 1 is 1.31 bits per heavy atom. The fraction of sp³-hybridized carbons (Fsp3) is 0.455. The second kappa shape index (κ2) is 4.82. The molecule has 90 valence electrons. The largest absolute Gasteiger partial charge is 0.399 e. The number of nitrogen functional groups attached to an aromatic ring is 1. The van der Waals surface area contributed by atoms with E-state index in [4.69, 9.17) is 5.73 Å². The van der Waals surface area contributed by atoms with Gasteiger partial charge in [0.2, 0.25) is 0 Å². The van der Waals surface area contributed by atoms with Gasteiger partial charge in [0.1, 0.15) is 10.7 Å². The molecular weight excluding hydrogens is 229 g/mol. The summed E-state index contributed by atoms with van der Waals surface area (Å²) in [4.78, 5) is -0.254. The second-order valence-corrected chi connectivity index (χ2v) is 5.87. The predicted molar refractivity (Wildman–Crippen MR) is 62.4 cm³/mol. The van der Waals surface area contributed by atoms with Gasteiger partial charge in [0, 0.05) is 5.69 Å². The van der Waals surface area contributed by atoms with Crippen LogP contribution in [0.15, 0.2) is 23.1 Å². The lowest BCUT2D eigenvalue weighted by molar-refractivity contribution is 0.550. The highest BCUT2D eigenvalue weighted by atomic mass is 32.2. The van der Waals surface area contributed by atoms with Crippen LogP contribution in [-0.2, 0) is 9.84 Å². The summed E-state index contributed by atoms with van der Waals surface area (Å²) < 4.78 is 37.6. The molecule has 0 saturated carbocycles. The molecule has 0 atom stereocenters. The molecule has 16 heavy (non-hydrogen) atoms. The van der Waals surface area contributed by atoms with Gasteiger partial charge in [-0.25, -0.2) is 12.8 Å². The van der Waals surface area contributed by atoms with Crippen molar-refractivity contribution < 1.29 is 12.8 Å². The van der Waals surface area contributed by atoms with E-state index in [1.54, 1.807) is 13.8 Å². The summed E-state index contributed by atoms with van der Waals surface area (Å²) in [5.41, 5.74) is 5.60. The number of halogens is 1. The van der Waals surface area contributed by atoms with Crippen LogP contribution in [0.2, 0.25) is 0 Å². The quantitative estimate of drug-likeness (QED) is 0.828. The van der Waals surface area contributed by atoms with Gasteiger partial charge in [-0.05, 0) is 31.0 Å². The van der Waals surface area contributed by atoms with Crippen LogP contribution >= 0.6 is 0 Å². The number of hydrogen-bond donors (Lipinski definition) is 1. The molecular formula is C11H16FNO2S. The number of rotatable bonds is 4. The van der Waals surface area contributed by atoms with E-state index in [2.05, 4.69) is 0 Å². The Hall–Kier alpha value is -1.10. The van der Waals surface area contributed by atoms with E-state index < -0.39 is 20.9 Å². The highest BCUT2D eigenvalue weighted by molar-refractivity contribution is 7.92. The molecule has 0 aliphatic heterocycles. The molecule has 5 heteroatoms. The molecule has 0 spiro atoms. The van der Waals surface area contributed by atoms with E-state index in [1.165, 1.54) is 12.1 Å². The number of sulfone groups is 1. The highest BCUT2D eigenvalue weighted by Gasteiger charge is 2.27. The van der Waals surface area contributed by atoms with E-state index in [0.29, 0.717) is 12.8 Å². The molecule has 0 radical (unpaired) electrons. The molecule has 1 aromatic rings. The number of hydrogen-bond acceptors (Lipinski definition) is 3. The molecule has 1 aromatic carbocycles. The van der Waals surface area contributed by atoms with Crippen LogP contribution in [0.1, 0.15) is 26.7 Å². The van der Waals surface area contributed by atoms with Crippen LogP contribution in [0, 0.1) is 5.82 Å². The number of benzene rings is 1. The lowest BCUT2D eigenvalue weighted by Crippen LogP contribution is -2.20. The molecule has 3 nitrogen and oxygen atoms in total. The summed E-state index contributed by atoms with van der Waals surface area (Å²) in [5, 5.41) is -0.536. The van der Waals surface area contributed by atoms with Crippen molar-refractivity contribution >= 4 is 15.5 Å². The van der Waals surface area contributed by atoms with Gasteiger partial charge in [0.15, 0.2) is 9.84 Å². The molecule has 0 aliphatic rings. The Kier molecular flexibility index (Phi) is 3.91. The summed E-state index contributed by atoms with van der Waals surface area (Å²) in [6.45, 7) is 3.56. The van der Waals surface area contributed by atoms with Crippen LogP contribution in [0.3, 0.4) is 0 Å². The molecule has 0 amide bonds. The first-order valence-electron chi connectivity index (χ1n) is 5.22. The average Bonchev–Trinajstić information content (AvgIpc) is 2.18. The summed E-state index contributed by atoms with van der Waals surface area (Å²) in [7, 11) is -3.58. The minimum Gasteiger partial charge on any atom is -0.399 e. The van der Waals surface area contributed by atoms with E-state index in [0.717, 1.165) is 6.07 Å². The maximum Gasteiger partial charge on any atom is 0.184 e. The maximum atomic E-state index is 13.5. The van der Waals surface area contributed by atoms with Crippen molar-refractivity contribution in [2.75, 3.05) is 5.73 Å². The van der Waals surface area contributed by atoms with Crippen molar-refractivity contribution in [3.8, 4) is 0 Å². The molecule has 1 rings (SSSR count). The first-order chi connectivity index (χ1) is 7.43. The average molecular weight is 245 g/mol. The van der Waals surface area contributed by atoms with E-state index in [1.807, 2.05) is 0 Å². The van der Waals surface area contributed by atoms with Gasteiger partial charge in [0.25, 0.3) is 0 Å². The van der Waals surface area contributed by atoms with Gasteiger partial charge in [0.05, 0.1) is 5.25 Å². The molecule has 0 unspecified atom stereocenters. The minimum atomic E-state index is -3.58. The fourth-order valence-electron chi connectivity index (χ4n) is 1.65. The molecule has 0 fully saturated rings. The SMILES string of the molecule is CCC(CC)S(=O)(=O)c1ccc(N)cc1F. The molecule has 0 bridgehead atoms. The lowest BCUT2D eigenvalue weighted by Gasteiger charge is -2.14. The zero-order valence-corrected chi connectivity index (χ0v) is 10.2. The van der Waals surface area contributed by atoms with Crippen LogP contribution in [0.4, 0.5) is 10.1 Å². The van der Waals surface area contributed by atoms with Crippen LogP contribution < -0.4 is 5.73 Å². The standard InChI is InChI=1S/C11H16FNO2S/c1-3-9(4-2)16(14,15)11-6-5-8(13)7-10(11)12/h5-7,9H,3-4,13H2,1-2H3. The monoisotopic (exact) mass is 245 g/mol. The van der Waals surface area contributed by atoms with Gasteiger partial charge >= 0.3 is 0 Å². The van der Waals surface area contributed by atoms with Gasteiger partial charge < -0.3 is 5.73 Å². The molecule has 0 aromatic heterocycles. The van der Waals surface area contributed by atoms with Crippen LogP contribution in [0.25, 0.3) is 0 Å². The van der Waals surface area contributed by atoms with Crippen molar-refractivity contribution in [3.63, 3.8) is 0 Å². The third-order valence-corrected chi connectivity index (χ3v) is 5.10. The van der Waals surface area contributed by atoms with E-state index >= 15 is 0 Å². The Morgan fingerprint density at radius 2 is 1.88 bits per heavy atom. The zero-order valence-electron chi connectivity index (χ0n) is 9.40. The summed E-state index contributed by atoms with van der Waals surface area (Å²) in [6, 6.07) is 3.67. The smallest absolute Gasteiger partial charge is 0.184 e. The fourth-order valence-corrected chi connectivity index (χ4v) is 3.48. The first-order valence-corrected chi connectivity index (χ1v) is 6.77. The van der Waals surface area contributed by atoms with Crippen LogP contribution in [0.5, 0.6) is 0 Å². The predicted octanol–water partition coefficient (Wildman–Crippen LogP) is 2.37. The van der Waals surface area contributed by atoms with Gasteiger partial charge in [-0.15, -0.1) is 0 Å². The van der Waals surface area contributed by atoms with E-state index in [9.17, 15) is 12.8 Å². The first kappa shape index (κ1) is 13.0. The van der Waals surface area contributed by atoms with E-state index in [-0.39, 0.29) is 10.6 Å². The Bertz CT molecular complexity index is 467. The molecule has 2 N–H and O–H groups in total. The normalized spacial score (nSPS) is 12.0. The van der Waals surface area contributed by atoms with Crippen molar-refractivity contribution in [1.29, 1.82) is 0 Å². The maximum absolute atomic E-state index is 13.5. The van der Waals surface area contributed by atoms with Crippen molar-refractivity contribution in [1.82, 2.24) is 0 Å². The van der Waals surface area contributed by atoms with Crippen LogP contribution in [-0.4, -0.2) is 13.7 Å². The summed E-state index contributed by atoms with van der Waals surface area (Å²) in [5.74, 6) is -0.771. The van der Waals surface area contributed by atoms with Crippen molar-refractivity contribution in [3.05, 3.63) is 24.0 Å². The van der Waals surface area contributed by atoms with Gasteiger partial charge in [-0.3, -0.25) is 0 Å². The number of anilines is 1. The minimum absolute atomic E-state index is 0.223. The number of nitrogens with two attached hydrogens (primary N) is 1. The van der Waals surface area contributed by atoms with Crippen molar-refractivity contribution in [2.24, 2.45) is 0 Å². The van der Waals surface area contributed by atoms with Gasteiger partial charge in [-0.1, -0.05) is 13.8 Å². The summed E-state index contributed by atoms with van der Waals surface area (Å²) in [6.07, 6.45) is 0.950. The molecule has 0 aliphatic carbocycles. The van der Waals surface area contributed by atoms with Crippen molar-refractivity contribution in [2.45, 2.75) is 36.8 Å². The Balaban J connectivity index is 3.27. The molecule has 0 heterocycles. The third kappa shape index (κ3) is 2.35. The lowest BCUT2D eigenvalue weighted by atomic mass is 10.3.